The Morgan fingerprint density at radius 3 is 2.36 bits per heavy atom. The van der Waals surface area contributed by atoms with Crippen LogP contribution in [0.25, 0.3) is 0 Å². The van der Waals surface area contributed by atoms with Crippen molar-refractivity contribution in [1.29, 1.82) is 0 Å². The minimum atomic E-state index is -4.35. The number of nitrogens with zero attached hydrogens (tertiary/aromatic N) is 1. The topological polar surface area (TPSA) is 20.3 Å². The van der Waals surface area contributed by atoms with Crippen LogP contribution < -0.4 is 4.90 Å². The van der Waals surface area contributed by atoms with E-state index in [1.54, 1.807) is 11.8 Å². The lowest BCUT2D eigenvalue weighted by molar-refractivity contribution is -0.217. The molecular formula is C16H19F3INO. The van der Waals surface area contributed by atoms with Crippen LogP contribution in [0, 0.1) is 8.99 Å². The van der Waals surface area contributed by atoms with E-state index >= 15 is 0 Å². The van der Waals surface area contributed by atoms with Crippen molar-refractivity contribution >= 4 is 34.2 Å². The summed E-state index contributed by atoms with van der Waals surface area (Å²) < 4.78 is 40.8. The number of hydrogen-bond acceptors (Lipinski definition) is 1. The summed E-state index contributed by atoms with van der Waals surface area (Å²) in [6.07, 6.45) is -4.61. The van der Waals surface area contributed by atoms with Gasteiger partial charge in [-0.15, -0.1) is 0 Å². The third-order valence-corrected chi connectivity index (χ3v) is 5.11. The maximum Gasteiger partial charge on any atom is 0.394 e. The predicted molar refractivity (Wildman–Crippen MR) is 89.0 cm³/mol. The van der Waals surface area contributed by atoms with E-state index < -0.39 is 17.0 Å². The van der Waals surface area contributed by atoms with Gasteiger partial charge in [0.05, 0.1) is 10.8 Å². The van der Waals surface area contributed by atoms with Gasteiger partial charge in [-0.3, -0.25) is 4.79 Å². The number of carbonyl (C=O) groups is 1. The van der Waals surface area contributed by atoms with E-state index in [9.17, 15) is 18.0 Å². The summed E-state index contributed by atoms with van der Waals surface area (Å²) in [5, 5.41) is 0. The molecule has 0 unspecified atom stereocenters. The molecule has 2 nitrogen and oxygen atoms in total. The Hall–Kier alpha value is -0.790. The van der Waals surface area contributed by atoms with Gasteiger partial charge in [-0.2, -0.15) is 13.2 Å². The first kappa shape index (κ1) is 17.6. The van der Waals surface area contributed by atoms with Crippen molar-refractivity contribution in [3.8, 4) is 0 Å². The molecule has 122 valence electrons. The number of carbonyl (C=O) groups excluding carboxylic acids is 1. The quantitative estimate of drug-likeness (QED) is 0.632. The molecule has 1 atom stereocenters. The van der Waals surface area contributed by atoms with Gasteiger partial charge in [-0.25, -0.2) is 0 Å². The van der Waals surface area contributed by atoms with Gasteiger partial charge in [0.15, 0.2) is 0 Å². The molecule has 0 saturated heterocycles. The zero-order valence-corrected chi connectivity index (χ0v) is 15.2. The molecule has 0 aromatic heterocycles. The standard InChI is InChI=1S/C16H19F3INO/c1-5-21-12-7-6-10(20)8-11(12)15(4,13(21)22)9-14(2,3)16(17,18)19/h6-8H,5,9H2,1-4H3/t15-/m0/s1. The van der Waals surface area contributed by atoms with E-state index in [2.05, 4.69) is 22.6 Å². The molecule has 0 spiro atoms. The molecule has 0 fully saturated rings. The van der Waals surface area contributed by atoms with E-state index in [-0.39, 0.29) is 12.3 Å². The molecule has 0 saturated carbocycles. The Morgan fingerprint density at radius 1 is 1.27 bits per heavy atom. The summed E-state index contributed by atoms with van der Waals surface area (Å²) in [6.45, 7) is 6.24. The largest absolute Gasteiger partial charge is 0.394 e. The summed E-state index contributed by atoms with van der Waals surface area (Å²) in [4.78, 5) is 14.4. The Bertz CT molecular complexity index is 612. The van der Waals surface area contributed by atoms with Crippen LogP contribution >= 0.6 is 22.6 Å². The molecule has 1 aliphatic heterocycles. The molecule has 2 rings (SSSR count). The molecule has 6 heteroatoms. The zero-order valence-electron chi connectivity index (χ0n) is 13.0. The van der Waals surface area contributed by atoms with E-state index in [1.165, 1.54) is 0 Å². The second kappa shape index (κ2) is 5.39. The molecule has 1 amide bonds. The van der Waals surface area contributed by atoms with Crippen molar-refractivity contribution in [2.24, 2.45) is 5.41 Å². The number of fused-ring (bicyclic) bond motifs is 1. The first-order valence-corrected chi connectivity index (χ1v) is 8.20. The van der Waals surface area contributed by atoms with Crippen LogP contribution in [0.2, 0.25) is 0 Å². The zero-order chi connectivity index (χ0) is 16.9. The molecule has 1 heterocycles. The summed E-state index contributed by atoms with van der Waals surface area (Å²) in [6, 6.07) is 5.52. The van der Waals surface area contributed by atoms with Crippen molar-refractivity contribution in [2.45, 2.75) is 45.7 Å². The number of halogens is 4. The summed E-state index contributed by atoms with van der Waals surface area (Å²) >= 11 is 2.12. The Labute approximate surface area is 142 Å². The van der Waals surface area contributed by atoms with Crippen LogP contribution in [-0.4, -0.2) is 18.6 Å². The van der Waals surface area contributed by atoms with Crippen LogP contribution in [0.3, 0.4) is 0 Å². The molecule has 0 bridgehead atoms. The molecule has 0 radical (unpaired) electrons. The van der Waals surface area contributed by atoms with Gasteiger partial charge in [0.2, 0.25) is 5.91 Å². The van der Waals surface area contributed by atoms with Gasteiger partial charge in [-0.1, -0.05) is 13.8 Å². The van der Waals surface area contributed by atoms with Crippen molar-refractivity contribution in [3.63, 3.8) is 0 Å². The number of amides is 1. The highest BCUT2D eigenvalue weighted by Gasteiger charge is 2.56. The van der Waals surface area contributed by atoms with E-state index in [0.717, 1.165) is 23.1 Å². The average Bonchev–Trinajstić information content (AvgIpc) is 2.57. The van der Waals surface area contributed by atoms with E-state index in [1.807, 2.05) is 25.1 Å². The van der Waals surface area contributed by atoms with Crippen LogP contribution in [0.4, 0.5) is 18.9 Å². The number of rotatable bonds is 3. The van der Waals surface area contributed by atoms with Gasteiger partial charge in [0.25, 0.3) is 0 Å². The molecule has 1 aromatic carbocycles. The highest BCUT2D eigenvalue weighted by molar-refractivity contribution is 14.1. The third-order valence-electron chi connectivity index (χ3n) is 4.44. The first-order chi connectivity index (χ1) is 9.94. The van der Waals surface area contributed by atoms with Crippen molar-refractivity contribution in [3.05, 3.63) is 27.3 Å². The lowest BCUT2D eigenvalue weighted by Gasteiger charge is -2.35. The van der Waals surface area contributed by atoms with Gasteiger partial charge in [0.1, 0.15) is 0 Å². The lowest BCUT2D eigenvalue weighted by atomic mass is 9.70. The summed E-state index contributed by atoms with van der Waals surface area (Å²) in [5.41, 5.74) is -1.65. The number of benzene rings is 1. The Kier molecular flexibility index (Phi) is 4.30. The van der Waals surface area contributed by atoms with E-state index in [0.29, 0.717) is 12.1 Å². The fourth-order valence-electron chi connectivity index (χ4n) is 3.18. The fraction of sp³-hybridized carbons (Fsp3) is 0.562. The van der Waals surface area contributed by atoms with Gasteiger partial charge < -0.3 is 4.90 Å². The van der Waals surface area contributed by atoms with Gasteiger partial charge in [-0.05, 0) is 66.6 Å². The van der Waals surface area contributed by atoms with Gasteiger partial charge >= 0.3 is 6.18 Å². The van der Waals surface area contributed by atoms with Crippen molar-refractivity contribution in [2.75, 3.05) is 11.4 Å². The number of likely N-dealkylation sites (N-methyl/N-ethyl adjacent to an activating group) is 1. The smallest absolute Gasteiger partial charge is 0.312 e. The lowest BCUT2D eigenvalue weighted by Crippen LogP contribution is -2.45. The average molecular weight is 425 g/mol. The minimum Gasteiger partial charge on any atom is -0.312 e. The first-order valence-electron chi connectivity index (χ1n) is 7.13. The molecule has 1 aromatic rings. The van der Waals surface area contributed by atoms with Crippen LogP contribution in [0.15, 0.2) is 18.2 Å². The summed E-state index contributed by atoms with van der Waals surface area (Å²) in [5.74, 6) is -0.246. The normalized spacial score (nSPS) is 22.2. The highest BCUT2D eigenvalue weighted by Crippen LogP contribution is 2.52. The molecule has 0 aliphatic carbocycles. The second-order valence-electron chi connectivity index (χ2n) is 6.60. The van der Waals surface area contributed by atoms with Crippen LogP contribution in [-0.2, 0) is 10.2 Å². The van der Waals surface area contributed by atoms with Crippen molar-refractivity contribution < 1.29 is 18.0 Å². The number of anilines is 1. The summed E-state index contributed by atoms with van der Waals surface area (Å²) in [7, 11) is 0. The highest BCUT2D eigenvalue weighted by atomic mass is 127. The molecule has 22 heavy (non-hydrogen) atoms. The maximum atomic E-state index is 13.3. The molecular weight excluding hydrogens is 406 g/mol. The predicted octanol–water partition coefficient (Wildman–Crippen LogP) is 4.89. The second-order valence-corrected chi connectivity index (χ2v) is 7.85. The minimum absolute atomic E-state index is 0.246. The number of alkyl halides is 3. The van der Waals surface area contributed by atoms with Crippen molar-refractivity contribution in [1.82, 2.24) is 0 Å². The van der Waals surface area contributed by atoms with Crippen LogP contribution in [0.5, 0.6) is 0 Å². The monoisotopic (exact) mass is 425 g/mol. The SMILES string of the molecule is CCN1C(=O)[C@@](C)(CC(C)(C)C(F)(F)F)c2cc(I)ccc21. The Balaban J connectivity index is 2.55. The molecule has 1 aliphatic rings. The third kappa shape index (κ3) is 2.63. The number of hydrogen-bond donors (Lipinski definition) is 0. The molecule has 0 N–H and O–H groups in total. The van der Waals surface area contributed by atoms with Gasteiger partial charge in [0, 0.05) is 15.8 Å². The Morgan fingerprint density at radius 2 is 1.86 bits per heavy atom. The fourth-order valence-corrected chi connectivity index (χ4v) is 3.67. The maximum absolute atomic E-state index is 13.3. The van der Waals surface area contributed by atoms with E-state index in [4.69, 9.17) is 0 Å². The van der Waals surface area contributed by atoms with Crippen LogP contribution in [0.1, 0.15) is 39.7 Å².